The minimum Gasteiger partial charge on any atom is -0.352 e. The van der Waals surface area contributed by atoms with Gasteiger partial charge in [-0.1, -0.05) is 77.8 Å². The molecule has 0 bridgehead atoms. The van der Waals surface area contributed by atoms with Crippen LogP contribution in [0.2, 0.25) is 10.0 Å². The standard InChI is InChI=1S/C27H28Cl2N2O2S/c1-19(2)30-27(33)25(16-20-9-5-3-6-10-20)31(17-21-13-14-23(28)24(29)15-21)26(32)18-34-22-11-7-4-8-12-22/h3-15,19,25H,16-18H2,1-2H3,(H,30,33). The van der Waals surface area contributed by atoms with Crippen molar-refractivity contribution in [2.75, 3.05) is 5.75 Å². The molecule has 1 atom stereocenters. The molecule has 0 spiro atoms. The Bertz CT molecular complexity index is 1090. The largest absolute Gasteiger partial charge is 0.352 e. The van der Waals surface area contributed by atoms with Gasteiger partial charge in [-0.15, -0.1) is 11.8 Å². The normalized spacial score (nSPS) is 11.8. The molecule has 178 valence electrons. The van der Waals surface area contributed by atoms with E-state index in [2.05, 4.69) is 5.32 Å². The Morgan fingerprint density at radius 2 is 1.53 bits per heavy atom. The van der Waals surface area contributed by atoms with Gasteiger partial charge in [-0.05, 0) is 49.2 Å². The van der Waals surface area contributed by atoms with E-state index in [4.69, 9.17) is 23.2 Å². The van der Waals surface area contributed by atoms with Crippen LogP contribution in [0.1, 0.15) is 25.0 Å². The second-order valence-corrected chi connectivity index (χ2v) is 10.1. The molecule has 0 saturated heterocycles. The molecule has 1 unspecified atom stereocenters. The average molecular weight is 516 g/mol. The van der Waals surface area contributed by atoms with Crippen LogP contribution in [0, 0.1) is 0 Å². The minimum atomic E-state index is -0.678. The highest BCUT2D eigenvalue weighted by Crippen LogP contribution is 2.25. The van der Waals surface area contributed by atoms with E-state index in [0.29, 0.717) is 16.5 Å². The molecular weight excluding hydrogens is 487 g/mol. The number of thioether (sulfide) groups is 1. The Morgan fingerprint density at radius 1 is 0.882 bits per heavy atom. The molecule has 3 rings (SSSR count). The molecule has 0 saturated carbocycles. The van der Waals surface area contributed by atoms with Crippen LogP contribution in [0.15, 0.2) is 83.8 Å². The molecule has 7 heteroatoms. The van der Waals surface area contributed by atoms with Gasteiger partial charge < -0.3 is 10.2 Å². The summed E-state index contributed by atoms with van der Waals surface area (Å²) in [4.78, 5) is 29.5. The van der Waals surface area contributed by atoms with Crippen LogP contribution in [0.4, 0.5) is 0 Å². The van der Waals surface area contributed by atoms with Crippen molar-refractivity contribution in [1.82, 2.24) is 10.2 Å². The number of hydrogen-bond donors (Lipinski definition) is 1. The SMILES string of the molecule is CC(C)NC(=O)C(Cc1ccccc1)N(Cc1ccc(Cl)c(Cl)c1)C(=O)CSc1ccccc1. The monoisotopic (exact) mass is 514 g/mol. The highest BCUT2D eigenvalue weighted by Gasteiger charge is 2.30. The summed E-state index contributed by atoms with van der Waals surface area (Å²) in [5.41, 5.74) is 1.79. The molecule has 0 aromatic heterocycles. The first-order valence-electron chi connectivity index (χ1n) is 11.1. The Morgan fingerprint density at radius 3 is 2.15 bits per heavy atom. The van der Waals surface area contributed by atoms with E-state index in [0.717, 1.165) is 16.0 Å². The molecule has 2 amide bonds. The van der Waals surface area contributed by atoms with E-state index in [1.165, 1.54) is 11.8 Å². The molecule has 0 aliphatic rings. The highest BCUT2D eigenvalue weighted by atomic mass is 35.5. The summed E-state index contributed by atoms with van der Waals surface area (Å²) in [6.45, 7) is 4.07. The minimum absolute atomic E-state index is 0.0496. The molecule has 3 aromatic carbocycles. The number of benzene rings is 3. The second-order valence-electron chi connectivity index (χ2n) is 8.24. The second kappa shape index (κ2) is 12.8. The Kier molecular flexibility index (Phi) is 9.87. The molecule has 0 aliphatic heterocycles. The van der Waals surface area contributed by atoms with Crippen LogP contribution >= 0.6 is 35.0 Å². The summed E-state index contributed by atoms with van der Waals surface area (Å²) < 4.78 is 0. The molecule has 0 radical (unpaired) electrons. The van der Waals surface area contributed by atoms with E-state index in [1.54, 1.807) is 17.0 Å². The average Bonchev–Trinajstić information content (AvgIpc) is 2.83. The first-order valence-corrected chi connectivity index (χ1v) is 12.8. The van der Waals surface area contributed by atoms with Crippen molar-refractivity contribution >= 4 is 46.8 Å². The lowest BCUT2D eigenvalue weighted by atomic mass is 10.0. The quantitative estimate of drug-likeness (QED) is 0.325. The molecule has 34 heavy (non-hydrogen) atoms. The predicted molar refractivity (Wildman–Crippen MR) is 141 cm³/mol. The number of carbonyl (C=O) groups is 2. The van der Waals surface area contributed by atoms with Gasteiger partial charge in [0.2, 0.25) is 11.8 Å². The first kappa shape index (κ1) is 26.1. The van der Waals surface area contributed by atoms with Crippen LogP contribution in [-0.2, 0) is 22.6 Å². The number of nitrogens with zero attached hydrogens (tertiary/aromatic N) is 1. The van der Waals surface area contributed by atoms with Crippen molar-refractivity contribution in [3.8, 4) is 0 Å². The van der Waals surface area contributed by atoms with Crippen LogP contribution < -0.4 is 5.32 Å². The van der Waals surface area contributed by atoms with Gasteiger partial charge in [-0.25, -0.2) is 0 Å². The third kappa shape index (κ3) is 7.79. The molecular formula is C27H28Cl2N2O2S. The van der Waals surface area contributed by atoms with Gasteiger partial charge in [-0.3, -0.25) is 9.59 Å². The van der Waals surface area contributed by atoms with E-state index < -0.39 is 6.04 Å². The topological polar surface area (TPSA) is 49.4 Å². The maximum absolute atomic E-state index is 13.6. The Labute approximate surface area is 215 Å². The van der Waals surface area contributed by atoms with Gasteiger partial charge in [0.1, 0.15) is 6.04 Å². The summed E-state index contributed by atoms with van der Waals surface area (Å²) >= 11 is 13.8. The zero-order chi connectivity index (χ0) is 24.5. The van der Waals surface area contributed by atoms with Crippen LogP contribution in [0.25, 0.3) is 0 Å². The van der Waals surface area contributed by atoms with Gasteiger partial charge in [0, 0.05) is 23.9 Å². The molecule has 3 aromatic rings. The molecule has 4 nitrogen and oxygen atoms in total. The first-order chi connectivity index (χ1) is 16.3. The van der Waals surface area contributed by atoms with Gasteiger partial charge >= 0.3 is 0 Å². The summed E-state index contributed by atoms with van der Waals surface area (Å²) in [6.07, 6.45) is 0.405. The maximum Gasteiger partial charge on any atom is 0.243 e. The van der Waals surface area contributed by atoms with Crippen LogP contribution in [-0.4, -0.2) is 34.6 Å². The summed E-state index contributed by atoms with van der Waals surface area (Å²) in [7, 11) is 0. The Hall–Kier alpha value is -2.47. The number of amides is 2. The summed E-state index contributed by atoms with van der Waals surface area (Å²) in [5.74, 6) is -0.0947. The van der Waals surface area contributed by atoms with Crippen molar-refractivity contribution in [1.29, 1.82) is 0 Å². The number of carbonyl (C=O) groups excluding carboxylic acids is 2. The smallest absolute Gasteiger partial charge is 0.243 e. The summed E-state index contributed by atoms with van der Waals surface area (Å²) in [5, 5.41) is 3.85. The van der Waals surface area contributed by atoms with E-state index in [9.17, 15) is 9.59 Å². The molecule has 1 N–H and O–H groups in total. The predicted octanol–water partition coefficient (Wildman–Crippen LogP) is 6.25. The van der Waals surface area contributed by atoms with Crippen molar-refractivity contribution in [2.45, 2.75) is 43.8 Å². The fourth-order valence-corrected chi connectivity index (χ4v) is 4.64. The number of halogens is 2. The van der Waals surface area contributed by atoms with Crippen LogP contribution in [0.3, 0.4) is 0 Å². The van der Waals surface area contributed by atoms with Crippen molar-refractivity contribution in [3.63, 3.8) is 0 Å². The third-order valence-corrected chi connectivity index (χ3v) is 6.88. The van der Waals surface area contributed by atoms with E-state index in [-0.39, 0.29) is 30.2 Å². The van der Waals surface area contributed by atoms with E-state index in [1.807, 2.05) is 80.6 Å². The lowest BCUT2D eigenvalue weighted by Gasteiger charge is -2.32. The maximum atomic E-state index is 13.6. The molecule has 0 aliphatic carbocycles. The third-order valence-electron chi connectivity index (χ3n) is 5.14. The summed E-state index contributed by atoms with van der Waals surface area (Å²) in [6, 6.07) is 24.0. The fourth-order valence-electron chi connectivity index (χ4n) is 3.51. The zero-order valence-electron chi connectivity index (χ0n) is 19.2. The number of rotatable bonds is 10. The van der Waals surface area contributed by atoms with Gasteiger partial charge in [0.15, 0.2) is 0 Å². The van der Waals surface area contributed by atoms with Gasteiger partial charge in [0.05, 0.1) is 15.8 Å². The molecule has 0 fully saturated rings. The van der Waals surface area contributed by atoms with Gasteiger partial charge in [0.25, 0.3) is 0 Å². The Balaban J connectivity index is 1.92. The number of hydrogen-bond acceptors (Lipinski definition) is 3. The highest BCUT2D eigenvalue weighted by molar-refractivity contribution is 8.00. The molecule has 0 heterocycles. The van der Waals surface area contributed by atoms with Crippen molar-refractivity contribution in [2.24, 2.45) is 0 Å². The van der Waals surface area contributed by atoms with Crippen molar-refractivity contribution < 1.29 is 9.59 Å². The van der Waals surface area contributed by atoms with Crippen molar-refractivity contribution in [3.05, 3.63) is 100 Å². The van der Waals surface area contributed by atoms with E-state index >= 15 is 0 Å². The fraction of sp³-hybridized carbons (Fsp3) is 0.259. The number of nitrogens with one attached hydrogen (secondary N) is 1. The van der Waals surface area contributed by atoms with Gasteiger partial charge in [-0.2, -0.15) is 0 Å². The lowest BCUT2D eigenvalue weighted by Crippen LogP contribution is -2.52. The van der Waals surface area contributed by atoms with Crippen LogP contribution in [0.5, 0.6) is 0 Å². The zero-order valence-corrected chi connectivity index (χ0v) is 21.5. The lowest BCUT2D eigenvalue weighted by molar-refractivity contribution is -0.139.